The molecule has 0 spiro atoms. The zero-order valence-electron chi connectivity index (χ0n) is 17.1. The molecule has 0 atom stereocenters. The molecular formula is C23H19F3N4OS. The topological polar surface area (TPSA) is 54.0 Å². The van der Waals surface area contributed by atoms with Gasteiger partial charge in [-0.25, -0.2) is 13.2 Å². The molecule has 0 saturated heterocycles. The van der Waals surface area contributed by atoms with Crippen LogP contribution < -0.4 is 4.31 Å². The first-order valence-corrected chi connectivity index (χ1v) is 10.5. The van der Waals surface area contributed by atoms with Gasteiger partial charge in [0.2, 0.25) is 0 Å². The van der Waals surface area contributed by atoms with Crippen molar-refractivity contribution in [3.63, 3.8) is 0 Å². The zero-order chi connectivity index (χ0) is 22.5. The number of pyridine rings is 1. The lowest BCUT2D eigenvalue weighted by atomic mass is 10.0. The number of methoxy groups -OCH3 is 1. The average Bonchev–Trinajstić information content (AvgIpc) is 3.29. The highest BCUT2D eigenvalue weighted by Crippen LogP contribution is 2.38. The van der Waals surface area contributed by atoms with E-state index in [-0.39, 0.29) is 23.7 Å². The smallest absolute Gasteiger partial charge is 0.156 e. The van der Waals surface area contributed by atoms with E-state index in [1.807, 2.05) is 12.1 Å². The van der Waals surface area contributed by atoms with E-state index in [9.17, 15) is 8.78 Å². The number of rotatable bonds is 8. The van der Waals surface area contributed by atoms with Gasteiger partial charge in [-0.3, -0.25) is 10.1 Å². The maximum atomic E-state index is 15.8. The first-order chi connectivity index (χ1) is 15.6. The fraction of sp³-hybridized carbons (Fsp3) is 0.130. The van der Waals surface area contributed by atoms with Gasteiger partial charge in [-0.2, -0.15) is 5.10 Å². The summed E-state index contributed by atoms with van der Waals surface area (Å²) in [6.45, 7) is 0.512. The quantitative estimate of drug-likeness (QED) is 0.344. The molecule has 0 saturated carbocycles. The Labute approximate surface area is 187 Å². The number of ether oxygens (including phenoxy) is 1. The molecule has 5 nitrogen and oxygen atoms in total. The third-order valence-electron chi connectivity index (χ3n) is 4.75. The molecule has 0 bridgehead atoms. The predicted molar refractivity (Wildman–Crippen MR) is 119 cm³/mol. The average molecular weight is 456 g/mol. The summed E-state index contributed by atoms with van der Waals surface area (Å²) < 4.78 is 50.4. The van der Waals surface area contributed by atoms with E-state index in [0.29, 0.717) is 11.3 Å². The van der Waals surface area contributed by atoms with Crippen molar-refractivity contribution >= 4 is 17.6 Å². The van der Waals surface area contributed by atoms with Gasteiger partial charge in [0.1, 0.15) is 11.6 Å². The monoisotopic (exact) mass is 456 g/mol. The molecule has 0 fully saturated rings. The molecule has 0 radical (unpaired) electrons. The summed E-state index contributed by atoms with van der Waals surface area (Å²) in [5, 5.41) is 6.95. The zero-order valence-corrected chi connectivity index (χ0v) is 17.9. The van der Waals surface area contributed by atoms with Crippen molar-refractivity contribution < 1.29 is 17.9 Å². The molecule has 0 aliphatic carbocycles. The van der Waals surface area contributed by atoms with Crippen molar-refractivity contribution in [2.24, 2.45) is 0 Å². The molecule has 4 rings (SSSR count). The van der Waals surface area contributed by atoms with Crippen LogP contribution in [0.15, 0.2) is 72.0 Å². The van der Waals surface area contributed by atoms with E-state index in [1.165, 1.54) is 7.11 Å². The Morgan fingerprint density at radius 1 is 1.03 bits per heavy atom. The van der Waals surface area contributed by atoms with Crippen molar-refractivity contribution in [3.8, 4) is 22.4 Å². The van der Waals surface area contributed by atoms with Crippen LogP contribution in [0.5, 0.6) is 0 Å². The second kappa shape index (κ2) is 9.88. The molecule has 0 aliphatic rings. The molecule has 2 aromatic carbocycles. The van der Waals surface area contributed by atoms with Crippen molar-refractivity contribution in [2.75, 3.05) is 24.6 Å². The summed E-state index contributed by atoms with van der Waals surface area (Å²) in [7, 11) is 1.52. The fourth-order valence-electron chi connectivity index (χ4n) is 3.20. The van der Waals surface area contributed by atoms with E-state index in [1.54, 1.807) is 41.1 Å². The Kier molecular flexibility index (Phi) is 6.77. The highest BCUT2D eigenvalue weighted by atomic mass is 32.2. The van der Waals surface area contributed by atoms with Crippen molar-refractivity contribution in [1.29, 1.82) is 0 Å². The lowest BCUT2D eigenvalue weighted by molar-refractivity contribution is 0.208. The Hall–Kier alpha value is -3.30. The minimum absolute atomic E-state index is 0.0462. The molecule has 164 valence electrons. The van der Waals surface area contributed by atoms with Crippen LogP contribution in [-0.4, -0.2) is 35.4 Å². The standard InChI is InChI=1S/C23H19F3N4OS/c1-31-12-11-30(32-21-13-16(24)5-6-19(21)25)20-4-2-3-17(22(20)26)23-18(14-28-29-23)15-7-9-27-10-8-15/h2-10,13-14H,11-12H2,1H3,(H,28,29). The summed E-state index contributed by atoms with van der Waals surface area (Å²) in [5.41, 5.74) is 2.57. The second-order valence-corrected chi connectivity index (χ2v) is 7.86. The highest BCUT2D eigenvalue weighted by molar-refractivity contribution is 8.00. The summed E-state index contributed by atoms with van der Waals surface area (Å²) in [4.78, 5) is 4.06. The lowest BCUT2D eigenvalue weighted by Crippen LogP contribution is -2.21. The number of aromatic amines is 1. The third-order valence-corrected chi connectivity index (χ3v) is 5.86. The van der Waals surface area contributed by atoms with Crippen LogP contribution in [0.4, 0.5) is 18.9 Å². The van der Waals surface area contributed by atoms with Crippen molar-refractivity contribution in [3.05, 3.63) is 84.6 Å². The van der Waals surface area contributed by atoms with Crippen molar-refractivity contribution in [2.45, 2.75) is 4.90 Å². The minimum Gasteiger partial charge on any atom is -0.383 e. The Balaban J connectivity index is 1.74. The van der Waals surface area contributed by atoms with Gasteiger partial charge in [-0.15, -0.1) is 0 Å². The van der Waals surface area contributed by atoms with Crippen LogP contribution in [0, 0.1) is 17.5 Å². The number of nitrogens with one attached hydrogen (secondary N) is 1. The number of H-pyrrole nitrogens is 1. The number of hydrogen-bond acceptors (Lipinski definition) is 5. The molecule has 2 heterocycles. The summed E-state index contributed by atoms with van der Waals surface area (Å²) in [5.74, 6) is -1.69. The minimum atomic E-state index is -0.594. The van der Waals surface area contributed by atoms with Gasteiger partial charge in [-0.05, 0) is 60.0 Å². The number of benzene rings is 2. The summed E-state index contributed by atoms with van der Waals surface area (Å²) >= 11 is 0.907. The molecular weight excluding hydrogens is 437 g/mol. The maximum absolute atomic E-state index is 15.8. The first kappa shape index (κ1) is 21.9. The molecule has 9 heteroatoms. The number of anilines is 1. The molecule has 32 heavy (non-hydrogen) atoms. The van der Waals surface area contributed by atoms with Crippen LogP contribution in [-0.2, 0) is 4.74 Å². The van der Waals surface area contributed by atoms with E-state index in [0.717, 1.165) is 41.3 Å². The molecule has 0 unspecified atom stereocenters. The van der Waals surface area contributed by atoms with Gasteiger partial charge in [0.05, 0.1) is 35.6 Å². The first-order valence-electron chi connectivity index (χ1n) is 9.70. The van der Waals surface area contributed by atoms with E-state index in [2.05, 4.69) is 15.2 Å². The van der Waals surface area contributed by atoms with E-state index < -0.39 is 17.5 Å². The number of nitrogens with zero attached hydrogens (tertiary/aromatic N) is 3. The summed E-state index contributed by atoms with van der Waals surface area (Å²) in [6.07, 6.45) is 4.92. The Bertz CT molecular complexity index is 1200. The number of aromatic nitrogens is 3. The molecule has 0 aliphatic heterocycles. The van der Waals surface area contributed by atoms with E-state index in [4.69, 9.17) is 4.74 Å². The predicted octanol–water partition coefficient (Wildman–Crippen LogP) is 5.72. The second-order valence-electron chi connectivity index (χ2n) is 6.79. The molecule has 0 amide bonds. The fourth-order valence-corrected chi connectivity index (χ4v) is 4.17. The molecule has 2 aromatic heterocycles. The van der Waals surface area contributed by atoms with Gasteiger partial charge in [0.25, 0.3) is 0 Å². The van der Waals surface area contributed by atoms with Crippen LogP contribution >= 0.6 is 11.9 Å². The van der Waals surface area contributed by atoms with Crippen LogP contribution in [0.1, 0.15) is 0 Å². The Morgan fingerprint density at radius 3 is 2.62 bits per heavy atom. The van der Waals surface area contributed by atoms with Crippen LogP contribution in [0.25, 0.3) is 22.4 Å². The lowest BCUT2D eigenvalue weighted by Gasteiger charge is -2.24. The largest absolute Gasteiger partial charge is 0.383 e. The number of halogens is 3. The maximum Gasteiger partial charge on any atom is 0.156 e. The Morgan fingerprint density at radius 2 is 1.84 bits per heavy atom. The molecule has 4 aromatic rings. The molecule has 1 N–H and O–H groups in total. The van der Waals surface area contributed by atoms with Gasteiger partial charge in [0.15, 0.2) is 5.82 Å². The third kappa shape index (κ3) is 4.63. The van der Waals surface area contributed by atoms with Crippen LogP contribution in [0.2, 0.25) is 0 Å². The van der Waals surface area contributed by atoms with Gasteiger partial charge < -0.3 is 9.04 Å². The van der Waals surface area contributed by atoms with Gasteiger partial charge in [0, 0.05) is 30.6 Å². The van der Waals surface area contributed by atoms with Crippen molar-refractivity contribution in [1.82, 2.24) is 15.2 Å². The van der Waals surface area contributed by atoms with Crippen LogP contribution in [0.3, 0.4) is 0 Å². The van der Waals surface area contributed by atoms with Gasteiger partial charge in [-0.1, -0.05) is 6.07 Å². The highest BCUT2D eigenvalue weighted by Gasteiger charge is 2.21. The normalized spacial score (nSPS) is 11.0. The number of hydrogen-bond donors (Lipinski definition) is 1. The SMILES string of the molecule is COCCN(Sc1cc(F)ccc1F)c1cccc(-c2[nH]ncc2-c2ccncc2)c1F. The van der Waals surface area contributed by atoms with E-state index >= 15 is 4.39 Å². The summed E-state index contributed by atoms with van der Waals surface area (Å²) in [6, 6.07) is 11.7. The van der Waals surface area contributed by atoms with Gasteiger partial charge >= 0.3 is 0 Å².